The molecule has 1 aromatic carbocycles. The first-order chi connectivity index (χ1) is 10.9. The van der Waals surface area contributed by atoms with Crippen LogP contribution in [0.2, 0.25) is 0 Å². The van der Waals surface area contributed by atoms with E-state index >= 15 is 0 Å². The number of anilines is 1. The molecule has 118 valence electrons. The van der Waals surface area contributed by atoms with Crippen molar-refractivity contribution in [3.63, 3.8) is 0 Å². The average Bonchev–Trinajstić information content (AvgIpc) is 2.78. The van der Waals surface area contributed by atoms with E-state index in [1.165, 1.54) is 6.20 Å². The number of carbonyl (C=O) groups excluding carboxylic acids is 2. The van der Waals surface area contributed by atoms with Gasteiger partial charge in [0.2, 0.25) is 0 Å². The van der Waals surface area contributed by atoms with Gasteiger partial charge in [-0.15, -0.1) is 0 Å². The van der Waals surface area contributed by atoms with Crippen LogP contribution in [0.5, 0.6) is 0 Å². The van der Waals surface area contributed by atoms with Gasteiger partial charge in [-0.1, -0.05) is 58.5 Å². The fraction of sp³-hybridized carbons (Fsp3) is 0.143. The van der Waals surface area contributed by atoms with Gasteiger partial charge in [0.05, 0.1) is 23.0 Å². The maximum atomic E-state index is 12.5. The molecule has 2 heterocycles. The number of hydrogen-bond acceptors (Lipinski definition) is 4. The monoisotopic (exact) mass is 389 g/mol. The summed E-state index contributed by atoms with van der Waals surface area (Å²) >= 11 is 23.3. The van der Waals surface area contributed by atoms with Gasteiger partial charge in [-0.05, 0) is 12.1 Å². The van der Waals surface area contributed by atoms with Gasteiger partial charge in [0.25, 0.3) is 11.8 Å². The van der Waals surface area contributed by atoms with Crippen LogP contribution in [0.3, 0.4) is 0 Å². The van der Waals surface area contributed by atoms with Gasteiger partial charge in [0.15, 0.2) is 15.5 Å². The van der Waals surface area contributed by atoms with Crippen molar-refractivity contribution in [3.05, 3.63) is 53.0 Å². The van der Waals surface area contributed by atoms with Crippen LogP contribution in [0.15, 0.2) is 30.5 Å². The van der Waals surface area contributed by atoms with Crippen molar-refractivity contribution in [3.8, 4) is 0 Å². The molecule has 1 aromatic heterocycles. The maximum absolute atomic E-state index is 12.5. The summed E-state index contributed by atoms with van der Waals surface area (Å²) < 4.78 is 0. The highest BCUT2D eigenvalue weighted by Gasteiger charge is 2.39. The maximum Gasteiger partial charge on any atom is 0.267 e. The summed E-state index contributed by atoms with van der Waals surface area (Å²) in [4.78, 5) is 32.0. The van der Waals surface area contributed by atoms with Crippen LogP contribution in [0, 0.1) is 0 Å². The molecule has 3 rings (SSSR count). The largest absolute Gasteiger partial charge is 0.268 e. The molecule has 0 radical (unpaired) electrons. The Morgan fingerprint density at radius 3 is 1.96 bits per heavy atom. The molecule has 0 N–H and O–H groups in total. The van der Waals surface area contributed by atoms with Crippen LogP contribution in [-0.4, -0.2) is 21.8 Å². The minimum absolute atomic E-state index is 0.0339. The number of benzene rings is 1. The van der Waals surface area contributed by atoms with E-state index in [1.807, 2.05) is 0 Å². The normalized spacial score (nSPS) is 14.1. The molecule has 0 aliphatic carbocycles. The lowest BCUT2D eigenvalue weighted by molar-refractivity contribution is 0.0924. The van der Waals surface area contributed by atoms with Gasteiger partial charge in [0.1, 0.15) is 5.69 Å². The molecule has 5 nitrogen and oxygen atoms in total. The van der Waals surface area contributed by atoms with Crippen LogP contribution in [0.25, 0.3) is 0 Å². The number of fused-ring (bicyclic) bond motifs is 1. The number of halogens is 4. The number of hydrogen-bond donors (Lipinski definition) is 0. The number of carbonyl (C=O) groups is 2. The third-order valence-electron chi connectivity index (χ3n) is 3.23. The zero-order valence-corrected chi connectivity index (χ0v) is 14.2. The minimum Gasteiger partial charge on any atom is -0.268 e. The summed E-state index contributed by atoms with van der Waals surface area (Å²) in [5.74, 6) is -1.07. The first-order valence-electron chi connectivity index (χ1n) is 6.32. The van der Waals surface area contributed by atoms with Gasteiger partial charge in [-0.25, -0.2) is 14.9 Å². The molecule has 0 saturated heterocycles. The third kappa shape index (κ3) is 2.78. The molecule has 0 bridgehead atoms. The molecule has 2 aromatic rings. The van der Waals surface area contributed by atoms with Crippen molar-refractivity contribution >= 4 is 64.0 Å². The van der Waals surface area contributed by atoms with E-state index in [1.54, 1.807) is 24.3 Å². The second-order valence-electron chi connectivity index (χ2n) is 4.60. The molecular weight excluding hydrogens is 384 g/mol. The minimum atomic E-state index is -1.12. The van der Waals surface area contributed by atoms with Crippen molar-refractivity contribution in [1.82, 2.24) is 9.97 Å². The molecule has 23 heavy (non-hydrogen) atoms. The number of amides is 2. The summed E-state index contributed by atoms with van der Waals surface area (Å²) in [7, 11) is 0. The van der Waals surface area contributed by atoms with Gasteiger partial charge < -0.3 is 0 Å². The van der Waals surface area contributed by atoms with E-state index in [4.69, 9.17) is 46.4 Å². The Morgan fingerprint density at radius 1 is 0.913 bits per heavy atom. The fourth-order valence-corrected chi connectivity index (χ4v) is 2.72. The van der Waals surface area contributed by atoms with Gasteiger partial charge in [0, 0.05) is 0 Å². The molecule has 1 aliphatic heterocycles. The van der Waals surface area contributed by atoms with E-state index in [0.29, 0.717) is 0 Å². The standard InChI is InChI=1S/C14H7Cl4N3O2/c15-10(16)8-5-19-12(9(20-8)11(17)18)21-13(22)6-3-1-2-4-7(6)14(21)23/h1-5,10-11H. The summed E-state index contributed by atoms with van der Waals surface area (Å²) in [5, 5.41) is 0. The summed E-state index contributed by atoms with van der Waals surface area (Å²) in [6.07, 6.45) is 1.27. The highest BCUT2D eigenvalue weighted by Crippen LogP contribution is 2.36. The van der Waals surface area contributed by atoms with E-state index in [2.05, 4.69) is 9.97 Å². The first kappa shape index (κ1) is 16.5. The smallest absolute Gasteiger partial charge is 0.267 e. The molecular formula is C14H7Cl4N3O2. The second-order valence-corrected chi connectivity index (χ2v) is 6.79. The summed E-state index contributed by atoms with van der Waals surface area (Å²) in [6.45, 7) is 0. The lowest BCUT2D eigenvalue weighted by atomic mass is 10.1. The number of nitrogens with zero attached hydrogens (tertiary/aromatic N) is 3. The summed E-state index contributed by atoms with van der Waals surface area (Å²) in [5.41, 5.74) is 0.812. The Kier molecular flexibility index (Phi) is 4.47. The van der Waals surface area contributed by atoms with Crippen LogP contribution in [0.4, 0.5) is 5.82 Å². The van der Waals surface area contributed by atoms with Crippen molar-refractivity contribution in [2.75, 3.05) is 4.90 Å². The Hall–Kier alpha value is -1.40. The van der Waals surface area contributed by atoms with Crippen LogP contribution < -0.4 is 4.90 Å². The molecule has 0 fully saturated rings. The quantitative estimate of drug-likeness (QED) is 0.581. The molecule has 1 aliphatic rings. The molecule has 0 atom stereocenters. The van der Waals surface area contributed by atoms with Crippen molar-refractivity contribution in [1.29, 1.82) is 0 Å². The van der Waals surface area contributed by atoms with Crippen molar-refractivity contribution < 1.29 is 9.59 Å². The highest BCUT2D eigenvalue weighted by atomic mass is 35.5. The molecule has 9 heteroatoms. The van der Waals surface area contributed by atoms with Gasteiger partial charge >= 0.3 is 0 Å². The molecule has 0 spiro atoms. The summed E-state index contributed by atoms with van der Waals surface area (Å²) in [6, 6.07) is 6.45. The third-order valence-corrected chi connectivity index (χ3v) is 4.09. The number of aromatic nitrogens is 2. The Bertz CT molecular complexity index is 775. The Labute approximate surface area is 151 Å². The number of rotatable bonds is 3. The van der Waals surface area contributed by atoms with E-state index in [9.17, 15) is 9.59 Å². The van der Waals surface area contributed by atoms with Crippen LogP contribution >= 0.6 is 46.4 Å². The van der Waals surface area contributed by atoms with E-state index in [-0.39, 0.29) is 28.3 Å². The van der Waals surface area contributed by atoms with Gasteiger partial charge in [-0.3, -0.25) is 9.59 Å². The predicted molar refractivity (Wildman–Crippen MR) is 88.5 cm³/mol. The first-order valence-corrected chi connectivity index (χ1v) is 8.07. The number of imide groups is 1. The predicted octanol–water partition coefficient (Wildman–Crippen LogP) is 4.23. The zero-order valence-electron chi connectivity index (χ0n) is 11.2. The topological polar surface area (TPSA) is 63.2 Å². The molecule has 0 saturated carbocycles. The molecule has 2 amide bonds. The Morgan fingerprint density at radius 2 is 1.48 bits per heavy atom. The number of alkyl halides is 4. The van der Waals surface area contributed by atoms with Crippen molar-refractivity contribution in [2.24, 2.45) is 0 Å². The van der Waals surface area contributed by atoms with Crippen molar-refractivity contribution in [2.45, 2.75) is 9.67 Å². The van der Waals surface area contributed by atoms with Crippen LogP contribution in [0.1, 0.15) is 41.8 Å². The lowest BCUT2D eigenvalue weighted by Gasteiger charge is -2.17. The van der Waals surface area contributed by atoms with E-state index in [0.717, 1.165) is 4.90 Å². The second kappa shape index (κ2) is 6.24. The highest BCUT2D eigenvalue weighted by molar-refractivity contribution is 6.45. The fourth-order valence-electron chi connectivity index (χ4n) is 2.22. The van der Waals surface area contributed by atoms with E-state index < -0.39 is 21.5 Å². The van der Waals surface area contributed by atoms with Crippen LogP contribution in [-0.2, 0) is 0 Å². The zero-order chi connectivity index (χ0) is 16.7. The van der Waals surface area contributed by atoms with Gasteiger partial charge in [-0.2, -0.15) is 0 Å². The lowest BCUT2D eigenvalue weighted by Crippen LogP contribution is -2.31. The SMILES string of the molecule is O=C1c2ccccc2C(=O)N1c1ncc(C(Cl)Cl)nc1C(Cl)Cl. The average molecular weight is 391 g/mol. The molecule has 0 unspecified atom stereocenters. The Balaban J connectivity index is 2.13.